The van der Waals surface area contributed by atoms with Gasteiger partial charge >= 0.3 is 0 Å². The summed E-state index contributed by atoms with van der Waals surface area (Å²) in [4.78, 5) is 25.3. The van der Waals surface area contributed by atoms with E-state index in [1.54, 1.807) is 7.11 Å². The molecule has 1 spiro atoms. The number of methoxy groups -OCH3 is 1. The average molecular weight is 348 g/mol. The molecule has 26 heavy (non-hydrogen) atoms. The summed E-state index contributed by atoms with van der Waals surface area (Å²) in [5.74, 6) is -0.490. The van der Waals surface area contributed by atoms with Crippen LogP contribution in [0, 0.1) is 0 Å². The third-order valence-corrected chi connectivity index (χ3v) is 5.27. The molecule has 2 aliphatic carbocycles. The molecule has 3 aliphatic rings. The Morgan fingerprint density at radius 3 is 2.31 bits per heavy atom. The minimum absolute atomic E-state index is 0.227. The molecule has 0 radical (unpaired) electrons. The quantitative estimate of drug-likeness (QED) is 0.741. The number of carbonyl (C=O) groups excluding carboxylic acids is 2. The van der Waals surface area contributed by atoms with Gasteiger partial charge in [-0.05, 0) is 36.1 Å². The number of hydrogen-bond donors (Lipinski definition) is 0. The molecule has 0 fully saturated rings. The van der Waals surface area contributed by atoms with Crippen molar-refractivity contribution in [1.82, 2.24) is 0 Å². The van der Waals surface area contributed by atoms with Crippen LogP contribution in [0.4, 0.5) is 0 Å². The molecule has 0 aromatic heterocycles. The molecule has 2 aromatic rings. The van der Waals surface area contributed by atoms with Crippen LogP contribution in [0.25, 0.3) is 10.8 Å². The summed E-state index contributed by atoms with van der Waals surface area (Å²) in [6.07, 6.45) is 3.10. The van der Waals surface area contributed by atoms with E-state index in [0.717, 1.165) is 10.8 Å². The van der Waals surface area contributed by atoms with Crippen LogP contribution in [0.3, 0.4) is 0 Å². The zero-order valence-electron chi connectivity index (χ0n) is 14.2. The van der Waals surface area contributed by atoms with Gasteiger partial charge in [0.05, 0.1) is 17.1 Å². The monoisotopic (exact) mass is 348 g/mol. The summed E-state index contributed by atoms with van der Waals surface area (Å²) >= 11 is 0. The third-order valence-electron chi connectivity index (χ3n) is 5.27. The largest absolute Gasteiger partial charge is 0.447 e. The van der Waals surface area contributed by atoms with Gasteiger partial charge in [0.15, 0.2) is 11.6 Å². The molecule has 2 aromatic carbocycles. The molecular weight excluding hydrogens is 332 g/mol. The summed E-state index contributed by atoms with van der Waals surface area (Å²) in [7, 11) is 1.54. The van der Waals surface area contributed by atoms with Crippen LogP contribution in [-0.4, -0.2) is 30.6 Å². The van der Waals surface area contributed by atoms with Crippen LogP contribution in [0.15, 0.2) is 59.7 Å². The van der Waals surface area contributed by atoms with Crippen molar-refractivity contribution in [1.29, 1.82) is 0 Å². The molecule has 0 saturated heterocycles. The molecule has 0 unspecified atom stereocenters. The van der Waals surface area contributed by atoms with Crippen LogP contribution < -0.4 is 9.47 Å². The van der Waals surface area contributed by atoms with Crippen molar-refractivity contribution in [2.24, 2.45) is 0 Å². The second-order valence-corrected chi connectivity index (χ2v) is 6.68. The fourth-order valence-electron chi connectivity index (χ4n) is 4.14. The van der Waals surface area contributed by atoms with E-state index in [2.05, 4.69) is 0 Å². The molecule has 0 bridgehead atoms. The zero-order valence-corrected chi connectivity index (χ0v) is 14.2. The molecule has 1 aliphatic heterocycles. The summed E-state index contributed by atoms with van der Waals surface area (Å²) in [6, 6.07) is 11.5. The Kier molecular flexibility index (Phi) is 3.12. The Morgan fingerprint density at radius 2 is 1.65 bits per heavy atom. The fraction of sp³-hybridized carbons (Fsp3) is 0.238. The average Bonchev–Trinajstić information content (AvgIpc) is 2.65. The molecule has 130 valence electrons. The molecule has 5 heteroatoms. The van der Waals surface area contributed by atoms with Gasteiger partial charge in [-0.1, -0.05) is 24.3 Å². The molecule has 0 saturated carbocycles. The SMILES string of the molecule is CO[C@H]1CCC2(Oc3cccc4cccc(c34)O2)C2=C1C(=O)C=CC2=O. The van der Waals surface area contributed by atoms with Crippen molar-refractivity contribution in [2.45, 2.75) is 24.7 Å². The van der Waals surface area contributed by atoms with Gasteiger partial charge in [-0.25, -0.2) is 0 Å². The zero-order chi connectivity index (χ0) is 17.9. The van der Waals surface area contributed by atoms with Crippen molar-refractivity contribution < 1.29 is 23.8 Å². The molecule has 0 amide bonds. The lowest BCUT2D eigenvalue weighted by Gasteiger charge is -2.44. The molecule has 1 heterocycles. The van der Waals surface area contributed by atoms with Gasteiger partial charge in [0.25, 0.3) is 5.79 Å². The Morgan fingerprint density at radius 1 is 1.00 bits per heavy atom. The first-order chi connectivity index (χ1) is 12.6. The first-order valence-electron chi connectivity index (χ1n) is 8.57. The topological polar surface area (TPSA) is 61.8 Å². The number of hydrogen-bond acceptors (Lipinski definition) is 5. The van der Waals surface area contributed by atoms with E-state index in [9.17, 15) is 9.59 Å². The lowest BCUT2D eigenvalue weighted by Crippen LogP contribution is -2.53. The lowest BCUT2D eigenvalue weighted by atomic mass is 9.77. The van der Waals surface area contributed by atoms with E-state index in [1.807, 2.05) is 36.4 Å². The minimum atomic E-state index is -1.30. The van der Waals surface area contributed by atoms with Crippen LogP contribution in [0.5, 0.6) is 11.5 Å². The standard InChI is InChI=1S/C21H16O5/c1-24-15-10-11-21(20-14(23)9-8-13(22)19(15)20)25-16-6-2-4-12-5-3-7-17(26-21)18(12)16/h2-9,15H,10-11H2,1H3/t15-/m0/s1. The van der Waals surface area contributed by atoms with Gasteiger partial charge in [-0.15, -0.1) is 0 Å². The van der Waals surface area contributed by atoms with Crippen molar-refractivity contribution in [2.75, 3.05) is 7.11 Å². The van der Waals surface area contributed by atoms with Crippen LogP contribution in [-0.2, 0) is 14.3 Å². The number of rotatable bonds is 1. The smallest absolute Gasteiger partial charge is 0.282 e. The maximum atomic E-state index is 12.8. The maximum Gasteiger partial charge on any atom is 0.282 e. The van der Waals surface area contributed by atoms with Gasteiger partial charge in [-0.2, -0.15) is 0 Å². The van der Waals surface area contributed by atoms with Crippen LogP contribution in [0.2, 0.25) is 0 Å². The summed E-state index contributed by atoms with van der Waals surface area (Å²) in [5, 5.41) is 1.88. The van der Waals surface area contributed by atoms with Gasteiger partial charge in [0.1, 0.15) is 11.5 Å². The number of ether oxygens (including phenoxy) is 3. The van der Waals surface area contributed by atoms with Crippen molar-refractivity contribution in [3.63, 3.8) is 0 Å². The fourth-order valence-corrected chi connectivity index (χ4v) is 4.14. The van der Waals surface area contributed by atoms with Crippen molar-refractivity contribution >= 4 is 22.3 Å². The first kappa shape index (κ1) is 15.3. The van der Waals surface area contributed by atoms with Gasteiger partial charge in [0, 0.05) is 19.1 Å². The predicted molar refractivity (Wildman–Crippen MR) is 94.1 cm³/mol. The number of carbonyl (C=O) groups is 2. The molecule has 0 N–H and O–H groups in total. The number of benzene rings is 2. The van der Waals surface area contributed by atoms with E-state index in [-0.39, 0.29) is 17.1 Å². The molecule has 5 nitrogen and oxygen atoms in total. The van der Waals surface area contributed by atoms with Gasteiger partial charge in [0.2, 0.25) is 0 Å². The van der Waals surface area contributed by atoms with E-state index in [4.69, 9.17) is 14.2 Å². The Bertz CT molecular complexity index is 989. The Hall–Kier alpha value is -2.92. The van der Waals surface area contributed by atoms with E-state index in [1.165, 1.54) is 12.2 Å². The summed E-state index contributed by atoms with van der Waals surface area (Å²) in [6.45, 7) is 0. The van der Waals surface area contributed by atoms with Gasteiger partial charge < -0.3 is 14.2 Å². The Labute approximate surface area is 149 Å². The predicted octanol–water partition coefficient (Wildman–Crippen LogP) is 3.12. The molecular formula is C21H16O5. The molecule has 5 rings (SSSR count). The molecule has 1 atom stereocenters. The highest BCUT2D eigenvalue weighted by Crippen LogP contribution is 2.49. The number of ketones is 2. The van der Waals surface area contributed by atoms with Crippen molar-refractivity contribution in [3.05, 3.63) is 59.7 Å². The van der Waals surface area contributed by atoms with E-state index >= 15 is 0 Å². The minimum Gasteiger partial charge on any atom is -0.447 e. The summed E-state index contributed by atoms with van der Waals surface area (Å²) in [5.41, 5.74) is 0.604. The maximum absolute atomic E-state index is 12.8. The van der Waals surface area contributed by atoms with E-state index in [0.29, 0.717) is 29.9 Å². The van der Waals surface area contributed by atoms with Crippen LogP contribution in [0.1, 0.15) is 12.8 Å². The second-order valence-electron chi connectivity index (χ2n) is 6.68. The normalized spacial score (nSPS) is 23.0. The first-order valence-corrected chi connectivity index (χ1v) is 8.57. The highest BCUT2D eigenvalue weighted by molar-refractivity contribution is 6.21. The van der Waals surface area contributed by atoms with Gasteiger partial charge in [-0.3, -0.25) is 9.59 Å². The second kappa shape index (κ2) is 5.29. The van der Waals surface area contributed by atoms with Crippen LogP contribution >= 0.6 is 0 Å². The number of fused-ring (bicyclic) bond motifs is 1. The summed E-state index contributed by atoms with van der Waals surface area (Å²) < 4.78 is 18.0. The highest BCUT2D eigenvalue weighted by atomic mass is 16.7. The lowest BCUT2D eigenvalue weighted by molar-refractivity contribution is -0.134. The number of allylic oxidation sites excluding steroid dienone is 2. The van der Waals surface area contributed by atoms with E-state index < -0.39 is 11.9 Å². The van der Waals surface area contributed by atoms with Crippen molar-refractivity contribution in [3.8, 4) is 11.5 Å². The third kappa shape index (κ3) is 1.95. The Balaban J connectivity index is 1.74. The highest BCUT2D eigenvalue weighted by Gasteiger charge is 2.53.